The van der Waals surface area contributed by atoms with Crippen LogP contribution >= 0.6 is 12.2 Å². The summed E-state index contributed by atoms with van der Waals surface area (Å²) in [4.78, 5) is 27.2. The van der Waals surface area contributed by atoms with Gasteiger partial charge in [-0.05, 0) is 73.5 Å². The van der Waals surface area contributed by atoms with Crippen molar-refractivity contribution in [2.75, 3.05) is 13.7 Å². The lowest BCUT2D eigenvalue weighted by Gasteiger charge is -2.51. The lowest BCUT2D eigenvalue weighted by Crippen LogP contribution is -2.59. The average molecular weight is 426 g/mol. The van der Waals surface area contributed by atoms with Gasteiger partial charge in [0.05, 0.1) is 24.3 Å². The fourth-order valence-electron chi connectivity index (χ4n) is 6.44. The zero-order valence-corrected chi connectivity index (χ0v) is 18.6. The Hall–Kier alpha value is -2.30. The first-order chi connectivity index (χ1) is 14.2. The van der Waals surface area contributed by atoms with Gasteiger partial charge in [-0.2, -0.15) is 5.26 Å². The molecule has 2 spiro atoms. The molecular weight excluding hydrogens is 398 g/mol. The monoisotopic (exact) mass is 425 g/mol. The highest BCUT2D eigenvalue weighted by Gasteiger charge is 2.68. The molecule has 1 aliphatic heterocycles. The maximum absolute atomic E-state index is 14.0. The average Bonchev–Trinajstić information content (AvgIpc) is 3.08. The van der Waals surface area contributed by atoms with Crippen LogP contribution in [0.25, 0.3) is 0 Å². The number of methoxy groups -OCH3 is 1. The van der Waals surface area contributed by atoms with E-state index in [2.05, 4.69) is 25.2 Å². The van der Waals surface area contributed by atoms with Crippen LogP contribution in [-0.2, 0) is 26.3 Å². The Kier molecular flexibility index (Phi) is 4.99. The van der Waals surface area contributed by atoms with Crippen LogP contribution in [0.2, 0.25) is 0 Å². The first-order valence-electron chi connectivity index (χ1n) is 10.4. The standard InChI is InChI=1S/C23H27N3O3S/c1-13-8-22(9-14(2)19(13)29-4)10-17-6-5-16(11-24)7-18(17)23(22)20(28)26(12-15(3)27)21(30)25-23/h5-7,13-14,19H,8-10,12H2,1-4H3,(H,25,30). The molecular formula is C23H27N3O3S. The zero-order valence-electron chi connectivity index (χ0n) is 17.8. The van der Waals surface area contributed by atoms with E-state index in [0.29, 0.717) is 10.7 Å². The molecule has 4 rings (SSSR count). The number of carbonyl (C=O) groups excluding carboxylic acids is 2. The number of ketones is 1. The van der Waals surface area contributed by atoms with E-state index < -0.39 is 11.0 Å². The predicted octanol–water partition coefficient (Wildman–Crippen LogP) is 2.68. The number of nitrogens with one attached hydrogen (secondary N) is 1. The van der Waals surface area contributed by atoms with Crippen molar-refractivity contribution < 1.29 is 14.3 Å². The number of fused-ring (bicyclic) bond motifs is 3. The molecule has 0 aromatic heterocycles. The van der Waals surface area contributed by atoms with Gasteiger partial charge >= 0.3 is 0 Å². The molecule has 1 aromatic carbocycles. The minimum Gasteiger partial charge on any atom is -0.381 e. The summed E-state index contributed by atoms with van der Waals surface area (Å²) in [6.07, 6.45) is 2.44. The Morgan fingerprint density at radius 2 is 2.03 bits per heavy atom. The van der Waals surface area contributed by atoms with Crippen LogP contribution in [0, 0.1) is 28.6 Å². The zero-order chi connectivity index (χ0) is 21.8. The van der Waals surface area contributed by atoms with Gasteiger partial charge in [-0.15, -0.1) is 0 Å². The van der Waals surface area contributed by atoms with E-state index in [1.54, 1.807) is 7.11 Å². The minimum absolute atomic E-state index is 0.0401. The first-order valence-corrected chi connectivity index (χ1v) is 10.8. The first kappa shape index (κ1) is 21.0. The SMILES string of the molecule is COC1C(C)CC2(Cc3ccc(C#N)cc3C23NC(=S)N(CC(C)=O)C3=O)CC1C. The number of Topliss-reactive ketones (excluding diaryl/α,β-unsaturated/α-hetero) is 1. The van der Waals surface area contributed by atoms with Gasteiger partial charge in [-0.1, -0.05) is 19.9 Å². The maximum Gasteiger partial charge on any atom is 0.260 e. The van der Waals surface area contributed by atoms with Crippen molar-refractivity contribution in [1.82, 2.24) is 10.2 Å². The number of benzene rings is 1. The molecule has 1 N–H and O–H groups in total. The summed E-state index contributed by atoms with van der Waals surface area (Å²) < 4.78 is 5.78. The van der Waals surface area contributed by atoms with Crippen LogP contribution < -0.4 is 5.32 Å². The van der Waals surface area contributed by atoms with Crippen LogP contribution in [0.5, 0.6) is 0 Å². The van der Waals surface area contributed by atoms with E-state index in [-0.39, 0.29) is 36.2 Å². The van der Waals surface area contributed by atoms with Gasteiger partial charge in [0, 0.05) is 12.5 Å². The quantitative estimate of drug-likeness (QED) is 0.750. The van der Waals surface area contributed by atoms with Crippen molar-refractivity contribution in [1.29, 1.82) is 5.26 Å². The number of hydrogen-bond donors (Lipinski definition) is 1. The lowest BCUT2D eigenvalue weighted by molar-refractivity contribution is -0.143. The summed E-state index contributed by atoms with van der Waals surface area (Å²) in [5.41, 5.74) is 0.961. The molecule has 1 saturated heterocycles. The molecule has 7 heteroatoms. The second-order valence-electron chi connectivity index (χ2n) is 9.28. The maximum atomic E-state index is 14.0. The Bertz CT molecular complexity index is 972. The van der Waals surface area contributed by atoms with Gasteiger partial charge in [-0.3, -0.25) is 14.5 Å². The summed E-state index contributed by atoms with van der Waals surface area (Å²) in [6.45, 7) is 5.77. The van der Waals surface area contributed by atoms with Crippen molar-refractivity contribution in [2.24, 2.45) is 17.3 Å². The highest BCUT2D eigenvalue weighted by Crippen LogP contribution is 2.61. The van der Waals surface area contributed by atoms with Gasteiger partial charge in [0.2, 0.25) is 0 Å². The normalized spacial score (nSPS) is 34.9. The summed E-state index contributed by atoms with van der Waals surface area (Å²) in [5, 5.41) is 13.2. The fraction of sp³-hybridized carbons (Fsp3) is 0.565. The topological polar surface area (TPSA) is 82.4 Å². The molecule has 3 unspecified atom stereocenters. The van der Waals surface area contributed by atoms with Crippen LogP contribution in [0.4, 0.5) is 0 Å². The highest BCUT2D eigenvalue weighted by molar-refractivity contribution is 7.80. The lowest BCUT2D eigenvalue weighted by atomic mass is 9.56. The molecule has 2 aliphatic carbocycles. The molecule has 2 fully saturated rings. The molecule has 1 amide bonds. The largest absolute Gasteiger partial charge is 0.381 e. The molecule has 3 aliphatic rings. The van der Waals surface area contributed by atoms with E-state index in [1.807, 2.05) is 18.2 Å². The van der Waals surface area contributed by atoms with E-state index in [9.17, 15) is 14.9 Å². The minimum atomic E-state index is -1.05. The second kappa shape index (κ2) is 7.14. The fourth-order valence-corrected chi connectivity index (χ4v) is 6.74. The third-order valence-electron chi connectivity index (χ3n) is 7.27. The van der Waals surface area contributed by atoms with Crippen LogP contribution in [0.15, 0.2) is 18.2 Å². The highest BCUT2D eigenvalue weighted by atomic mass is 32.1. The number of thiocarbonyl (C=S) groups is 1. The summed E-state index contributed by atoms with van der Waals surface area (Å²) in [7, 11) is 1.75. The number of hydrogen-bond acceptors (Lipinski definition) is 5. The van der Waals surface area contributed by atoms with Crippen molar-refractivity contribution >= 4 is 29.0 Å². The van der Waals surface area contributed by atoms with Gasteiger partial charge in [0.25, 0.3) is 5.91 Å². The smallest absolute Gasteiger partial charge is 0.260 e. The molecule has 1 saturated carbocycles. The van der Waals surface area contributed by atoms with E-state index in [0.717, 1.165) is 30.4 Å². The van der Waals surface area contributed by atoms with Gasteiger partial charge in [0.15, 0.2) is 10.7 Å². The summed E-state index contributed by atoms with van der Waals surface area (Å²) in [6, 6.07) is 7.80. The molecule has 1 heterocycles. The Morgan fingerprint density at radius 3 is 2.60 bits per heavy atom. The Morgan fingerprint density at radius 1 is 1.37 bits per heavy atom. The summed E-state index contributed by atoms with van der Waals surface area (Å²) >= 11 is 5.55. The number of nitrogens with zero attached hydrogens (tertiary/aromatic N) is 2. The number of carbonyl (C=O) groups is 2. The van der Waals surface area contributed by atoms with Gasteiger partial charge < -0.3 is 10.1 Å². The Balaban J connectivity index is 1.90. The molecule has 0 radical (unpaired) electrons. The third-order valence-corrected chi connectivity index (χ3v) is 7.60. The van der Waals surface area contributed by atoms with Gasteiger partial charge in [0.1, 0.15) is 5.78 Å². The predicted molar refractivity (Wildman–Crippen MR) is 115 cm³/mol. The number of ether oxygens (including phenoxy) is 1. The van der Waals surface area contributed by atoms with Gasteiger partial charge in [-0.25, -0.2) is 0 Å². The van der Waals surface area contributed by atoms with Crippen LogP contribution in [0.3, 0.4) is 0 Å². The van der Waals surface area contributed by atoms with E-state index in [1.165, 1.54) is 11.8 Å². The molecule has 158 valence electrons. The number of nitriles is 1. The van der Waals surface area contributed by atoms with E-state index >= 15 is 0 Å². The second-order valence-corrected chi connectivity index (χ2v) is 9.66. The molecule has 30 heavy (non-hydrogen) atoms. The Labute approximate surface area is 182 Å². The third kappa shape index (κ3) is 2.74. The molecule has 0 bridgehead atoms. The number of rotatable bonds is 3. The van der Waals surface area contributed by atoms with Crippen molar-refractivity contribution in [2.45, 2.75) is 51.7 Å². The van der Waals surface area contributed by atoms with Crippen molar-refractivity contribution in [3.05, 3.63) is 34.9 Å². The summed E-state index contributed by atoms with van der Waals surface area (Å²) in [5.74, 6) is 0.218. The van der Waals surface area contributed by atoms with Crippen LogP contribution in [-0.4, -0.2) is 41.5 Å². The van der Waals surface area contributed by atoms with Crippen molar-refractivity contribution in [3.8, 4) is 6.07 Å². The van der Waals surface area contributed by atoms with E-state index in [4.69, 9.17) is 17.0 Å². The number of amides is 1. The molecule has 6 nitrogen and oxygen atoms in total. The molecule has 3 atom stereocenters. The van der Waals surface area contributed by atoms with Crippen molar-refractivity contribution in [3.63, 3.8) is 0 Å². The molecule has 1 aromatic rings. The van der Waals surface area contributed by atoms with Crippen LogP contribution in [0.1, 0.15) is 50.3 Å².